The molecule has 1 fully saturated rings. The fraction of sp³-hybridized carbons (Fsp3) is 0.519. The number of benzene rings is 2. The summed E-state index contributed by atoms with van der Waals surface area (Å²) in [6.07, 6.45) is -10.8. The Labute approximate surface area is 216 Å². The van der Waals surface area contributed by atoms with Gasteiger partial charge >= 0.3 is 18.3 Å². The van der Waals surface area contributed by atoms with Crippen molar-refractivity contribution in [3.05, 3.63) is 70.5 Å². The second kappa shape index (κ2) is 10.8. The van der Waals surface area contributed by atoms with Crippen molar-refractivity contribution < 1.29 is 45.4 Å². The molecule has 0 aromatic heterocycles. The first-order chi connectivity index (χ1) is 17.4. The number of alkyl halides is 6. The Bertz CT molecular complexity index is 1100. The van der Waals surface area contributed by atoms with Crippen LogP contribution in [0.4, 0.5) is 30.7 Å². The molecule has 2 aromatic carbocycles. The van der Waals surface area contributed by atoms with E-state index in [0.717, 1.165) is 0 Å². The van der Waals surface area contributed by atoms with Crippen molar-refractivity contribution in [1.82, 2.24) is 4.90 Å². The van der Waals surface area contributed by atoms with E-state index in [2.05, 4.69) is 0 Å². The summed E-state index contributed by atoms with van der Waals surface area (Å²) in [5.41, 5.74) is -3.53. The molecular formula is C27H30F7NO3. The quantitative estimate of drug-likeness (QED) is 0.351. The molecule has 1 N–H and O–H groups in total. The van der Waals surface area contributed by atoms with Gasteiger partial charge in [-0.3, -0.25) is 4.79 Å². The van der Waals surface area contributed by atoms with Gasteiger partial charge in [-0.15, -0.1) is 0 Å². The maximum atomic E-state index is 13.6. The Morgan fingerprint density at radius 1 is 1.00 bits per heavy atom. The summed E-state index contributed by atoms with van der Waals surface area (Å²) in [6, 6.07) is 6.75. The zero-order valence-corrected chi connectivity index (χ0v) is 21.3. The molecule has 1 aliphatic carbocycles. The zero-order chi connectivity index (χ0) is 28.6. The van der Waals surface area contributed by atoms with E-state index in [4.69, 9.17) is 4.74 Å². The van der Waals surface area contributed by atoms with E-state index in [9.17, 15) is 40.6 Å². The number of carboxylic acids is 1. The van der Waals surface area contributed by atoms with Crippen LogP contribution in [0, 0.1) is 11.2 Å². The van der Waals surface area contributed by atoms with Crippen LogP contribution in [-0.2, 0) is 21.9 Å². The highest BCUT2D eigenvalue weighted by atomic mass is 19.4. The lowest BCUT2D eigenvalue weighted by atomic mass is 9.88. The van der Waals surface area contributed by atoms with Crippen molar-refractivity contribution >= 4 is 5.97 Å². The first kappa shape index (κ1) is 29.9. The molecule has 1 aliphatic rings. The largest absolute Gasteiger partial charge is 0.481 e. The number of carboxylic acid groups (broad SMARTS) is 1. The number of likely N-dealkylation sites (N-methyl/N-ethyl adjacent to an activating group) is 1. The van der Waals surface area contributed by atoms with E-state index in [1.54, 1.807) is 33.0 Å². The molecule has 2 aromatic rings. The van der Waals surface area contributed by atoms with E-state index in [1.807, 2.05) is 4.90 Å². The third-order valence-corrected chi connectivity index (χ3v) is 7.07. The monoisotopic (exact) mass is 549 g/mol. The molecule has 0 radical (unpaired) electrons. The lowest BCUT2D eigenvalue weighted by Gasteiger charge is -2.36. The van der Waals surface area contributed by atoms with Crippen LogP contribution >= 0.6 is 0 Å². The molecule has 0 heterocycles. The van der Waals surface area contributed by atoms with Crippen LogP contribution in [0.3, 0.4) is 0 Å². The number of rotatable bonds is 8. The van der Waals surface area contributed by atoms with Gasteiger partial charge in [0.05, 0.1) is 28.7 Å². The predicted molar refractivity (Wildman–Crippen MR) is 126 cm³/mol. The van der Waals surface area contributed by atoms with E-state index < -0.39 is 58.8 Å². The number of carbonyl (C=O) groups is 1. The number of aliphatic carboxylic acids is 1. The Morgan fingerprint density at radius 2 is 1.53 bits per heavy atom. The molecule has 0 saturated heterocycles. The summed E-state index contributed by atoms with van der Waals surface area (Å²) in [7, 11) is 1.75. The van der Waals surface area contributed by atoms with Crippen molar-refractivity contribution in [2.75, 3.05) is 13.6 Å². The first-order valence-electron chi connectivity index (χ1n) is 12.0. The summed E-state index contributed by atoms with van der Waals surface area (Å²) in [5, 5.41) is 9.55. The number of halogens is 7. The second-order valence-corrected chi connectivity index (χ2v) is 10.5. The molecule has 11 heteroatoms. The smallest absolute Gasteiger partial charge is 0.416 e. The van der Waals surface area contributed by atoms with Gasteiger partial charge in [0, 0.05) is 18.5 Å². The third-order valence-electron chi connectivity index (χ3n) is 7.07. The number of hydrogen-bond donors (Lipinski definition) is 1. The van der Waals surface area contributed by atoms with Gasteiger partial charge in [-0.25, -0.2) is 4.39 Å². The molecule has 38 heavy (non-hydrogen) atoms. The Kier molecular flexibility index (Phi) is 8.53. The van der Waals surface area contributed by atoms with Crippen molar-refractivity contribution in [3.63, 3.8) is 0 Å². The Balaban J connectivity index is 1.94. The molecule has 1 saturated carbocycles. The number of hydrogen-bond acceptors (Lipinski definition) is 3. The fourth-order valence-corrected chi connectivity index (χ4v) is 5.07. The van der Waals surface area contributed by atoms with Gasteiger partial charge < -0.3 is 14.7 Å². The van der Waals surface area contributed by atoms with E-state index in [-0.39, 0.29) is 24.2 Å². The normalized spacial score (nSPS) is 21.6. The minimum Gasteiger partial charge on any atom is -0.481 e. The molecule has 4 nitrogen and oxygen atoms in total. The Hall–Kier alpha value is -2.66. The maximum Gasteiger partial charge on any atom is 0.416 e. The molecular weight excluding hydrogens is 519 g/mol. The molecule has 3 rings (SSSR count). The lowest BCUT2D eigenvalue weighted by molar-refractivity contribution is -0.148. The Morgan fingerprint density at radius 3 is 2.00 bits per heavy atom. The number of nitrogens with zero attached hydrogens (tertiary/aromatic N) is 1. The van der Waals surface area contributed by atoms with Crippen molar-refractivity contribution in [3.8, 4) is 0 Å². The van der Waals surface area contributed by atoms with Gasteiger partial charge in [-0.1, -0.05) is 12.1 Å². The van der Waals surface area contributed by atoms with Gasteiger partial charge in [-0.2, -0.15) is 26.3 Å². The maximum absolute atomic E-state index is 13.6. The zero-order valence-electron chi connectivity index (χ0n) is 21.3. The van der Waals surface area contributed by atoms with Crippen LogP contribution < -0.4 is 0 Å². The molecule has 0 spiro atoms. The average molecular weight is 550 g/mol. The molecule has 0 aliphatic heterocycles. The predicted octanol–water partition coefficient (Wildman–Crippen LogP) is 7.30. The first-order valence-corrected chi connectivity index (χ1v) is 12.0. The van der Waals surface area contributed by atoms with Gasteiger partial charge in [0.2, 0.25) is 0 Å². The van der Waals surface area contributed by atoms with Crippen LogP contribution in [0.5, 0.6) is 0 Å². The van der Waals surface area contributed by atoms with Crippen LogP contribution in [0.15, 0.2) is 42.5 Å². The standard InChI is InChI=1S/C27H30F7NO3/c1-15(17-11-18(26(29,30)31)13-19(12-17)27(32,33)34)38-22-10-9-21(35(4)14-25(2,3)24(36)37)23(22)16-5-7-20(28)8-6-16/h5-8,11-13,15,21-23H,9-10,14H2,1-4H3,(H,36,37)/t15-,21-,22+,23+/m1/s1. The van der Waals surface area contributed by atoms with Crippen LogP contribution in [0.2, 0.25) is 0 Å². The summed E-state index contributed by atoms with van der Waals surface area (Å²) < 4.78 is 100.0. The third kappa shape index (κ3) is 6.85. The second-order valence-electron chi connectivity index (χ2n) is 10.5. The van der Waals surface area contributed by atoms with Crippen molar-refractivity contribution in [2.24, 2.45) is 5.41 Å². The molecule has 4 atom stereocenters. The van der Waals surface area contributed by atoms with E-state index >= 15 is 0 Å². The van der Waals surface area contributed by atoms with Crippen LogP contribution in [-0.4, -0.2) is 41.7 Å². The summed E-state index contributed by atoms with van der Waals surface area (Å²) >= 11 is 0. The fourth-order valence-electron chi connectivity index (χ4n) is 5.07. The topological polar surface area (TPSA) is 49.8 Å². The molecule has 210 valence electrons. The van der Waals surface area contributed by atoms with Crippen LogP contribution in [0.1, 0.15) is 67.9 Å². The summed E-state index contributed by atoms with van der Waals surface area (Å²) in [4.78, 5) is 13.5. The minimum absolute atomic E-state index is 0.0717. The highest BCUT2D eigenvalue weighted by Crippen LogP contribution is 2.43. The molecule has 0 bridgehead atoms. The van der Waals surface area contributed by atoms with Crippen LogP contribution in [0.25, 0.3) is 0 Å². The van der Waals surface area contributed by atoms with Gasteiger partial charge in [0.25, 0.3) is 0 Å². The van der Waals surface area contributed by atoms with Gasteiger partial charge in [-0.05, 0) is 82.1 Å². The van der Waals surface area contributed by atoms with E-state index in [1.165, 1.54) is 19.1 Å². The van der Waals surface area contributed by atoms with Gasteiger partial charge in [0.15, 0.2) is 0 Å². The minimum atomic E-state index is -4.98. The van der Waals surface area contributed by atoms with Gasteiger partial charge in [0.1, 0.15) is 5.82 Å². The number of ether oxygens (including phenoxy) is 1. The SMILES string of the molecule is C[C@@H](O[C@H]1CC[C@@H](N(C)CC(C)(C)C(=O)O)[C@@H]1c1ccc(F)cc1)c1cc(C(F)(F)F)cc(C(F)(F)F)c1. The summed E-state index contributed by atoms with van der Waals surface area (Å²) in [5.74, 6) is -1.90. The lowest BCUT2D eigenvalue weighted by Crippen LogP contribution is -2.44. The molecule has 0 amide bonds. The summed E-state index contributed by atoms with van der Waals surface area (Å²) in [6.45, 7) is 4.72. The van der Waals surface area contributed by atoms with Crippen molar-refractivity contribution in [2.45, 2.75) is 70.1 Å². The highest BCUT2D eigenvalue weighted by molar-refractivity contribution is 5.73. The highest BCUT2D eigenvalue weighted by Gasteiger charge is 2.43. The van der Waals surface area contributed by atoms with E-state index in [0.29, 0.717) is 30.5 Å². The van der Waals surface area contributed by atoms with Crippen molar-refractivity contribution in [1.29, 1.82) is 0 Å². The molecule has 0 unspecified atom stereocenters. The average Bonchev–Trinajstić information content (AvgIpc) is 3.21.